The molecule has 4 aromatic rings. The molecule has 1 N–H and O–H groups in total. The Morgan fingerprint density at radius 2 is 1.78 bits per heavy atom. The smallest absolute Gasteiger partial charge is 0.370 e. The van der Waals surface area contributed by atoms with Crippen LogP contribution in [0.5, 0.6) is 0 Å². The maximum Gasteiger partial charge on any atom is 0.416 e. The van der Waals surface area contributed by atoms with Crippen molar-refractivity contribution in [1.82, 2.24) is 19.5 Å². The zero-order chi connectivity index (χ0) is 25.3. The number of hydrogen-bond acceptors (Lipinski definition) is 4. The molecule has 0 amide bonds. The minimum atomic E-state index is -4.30. The normalized spacial score (nSPS) is 15.5. The van der Waals surface area contributed by atoms with Crippen LogP contribution in [0, 0.1) is 5.92 Å². The Morgan fingerprint density at radius 1 is 1.06 bits per heavy atom. The first-order chi connectivity index (χ1) is 17.3. The van der Waals surface area contributed by atoms with Gasteiger partial charge in [-0.15, -0.1) is 0 Å². The van der Waals surface area contributed by atoms with E-state index in [1.54, 1.807) is 22.8 Å². The van der Waals surface area contributed by atoms with E-state index >= 15 is 0 Å². The summed E-state index contributed by atoms with van der Waals surface area (Å²) in [6, 6.07) is 15.0. The number of benzene rings is 2. The number of nitrogens with one attached hydrogen (secondary N) is 1. The minimum absolute atomic E-state index is 0.472. The molecule has 0 aliphatic carbocycles. The molecule has 0 saturated carbocycles. The highest BCUT2D eigenvalue weighted by Crippen LogP contribution is 2.31. The van der Waals surface area contributed by atoms with Gasteiger partial charge in [0.1, 0.15) is 5.82 Å². The van der Waals surface area contributed by atoms with E-state index < -0.39 is 11.7 Å². The second-order valence-electron chi connectivity index (χ2n) is 9.03. The quantitative estimate of drug-likeness (QED) is 0.264. The van der Waals surface area contributed by atoms with Crippen LogP contribution in [0.25, 0.3) is 16.9 Å². The van der Waals surface area contributed by atoms with Gasteiger partial charge in [0.25, 0.3) is 0 Å². The van der Waals surface area contributed by atoms with E-state index in [0.29, 0.717) is 23.1 Å². The summed E-state index contributed by atoms with van der Waals surface area (Å²) in [4.78, 5) is 7.05. The van der Waals surface area contributed by atoms with Crippen LogP contribution >= 0.6 is 27.5 Å². The van der Waals surface area contributed by atoms with Crippen LogP contribution in [-0.4, -0.2) is 39.1 Å². The van der Waals surface area contributed by atoms with E-state index in [1.165, 1.54) is 0 Å². The van der Waals surface area contributed by atoms with Gasteiger partial charge in [0.05, 0.1) is 21.9 Å². The van der Waals surface area contributed by atoms with Gasteiger partial charge in [-0.2, -0.15) is 22.8 Å². The van der Waals surface area contributed by atoms with Crippen molar-refractivity contribution in [2.75, 3.05) is 25.0 Å². The molecule has 1 saturated heterocycles. The Kier molecular flexibility index (Phi) is 7.23. The highest BCUT2D eigenvalue weighted by Gasteiger charge is 2.30. The van der Waals surface area contributed by atoms with E-state index in [1.807, 2.05) is 30.3 Å². The van der Waals surface area contributed by atoms with E-state index in [-0.39, 0.29) is 0 Å². The van der Waals surface area contributed by atoms with Gasteiger partial charge in [0.2, 0.25) is 0 Å². The number of halogens is 5. The summed E-state index contributed by atoms with van der Waals surface area (Å²) >= 11 is 9.96. The molecule has 0 radical (unpaired) electrons. The van der Waals surface area contributed by atoms with Gasteiger partial charge < -0.3 is 5.32 Å². The number of nitrogens with zero attached hydrogens (tertiary/aromatic N) is 4. The van der Waals surface area contributed by atoms with Crippen molar-refractivity contribution in [2.24, 2.45) is 5.92 Å². The van der Waals surface area contributed by atoms with Crippen LogP contribution < -0.4 is 5.32 Å². The average Bonchev–Trinajstić information content (AvgIpc) is 3.24. The third kappa shape index (κ3) is 5.53. The number of likely N-dealkylation sites (tertiary alicyclic amines) is 1. The zero-order valence-electron chi connectivity index (χ0n) is 19.3. The van der Waals surface area contributed by atoms with Gasteiger partial charge in [-0.1, -0.05) is 41.9 Å². The van der Waals surface area contributed by atoms with Crippen LogP contribution in [0.3, 0.4) is 0 Å². The molecule has 36 heavy (non-hydrogen) atoms. The number of aromatic nitrogens is 3. The Morgan fingerprint density at radius 3 is 2.47 bits per heavy atom. The SMILES string of the molecule is FC(F)(F)c1ccc(CN2CCC(CNc3cc(-c4ccccc4Cl)nc4c(Br)cnn34)CC2)cc1. The van der Waals surface area contributed by atoms with Crippen LogP contribution in [0.1, 0.15) is 24.0 Å². The summed E-state index contributed by atoms with van der Waals surface area (Å²) in [6.07, 6.45) is -0.571. The van der Waals surface area contributed by atoms with E-state index in [9.17, 15) is 13.2 Å². The number of piperidine rings is 1. The van der Waals surface area contributed by atoms with Gasteiger partial charge >= 0.3 is 6.18 Å². The van der Waals surface area contributed by atoms with Gasteiger partial charge in [-0.05, 0) is 71.5 Å². The molecule has 188 valence electrons. The summed E-state index contributed by atoms with van der Waals surface area (Å²) in [5.74, 6) is 1.31. The molecule has 1 aliphatic rings. The third-order valence-electron chi connectivity index (χ3n) is 6.55. The van der Waals surface area contributed by atoms with Crippen molar-refractivity contribution < 1.29 is 13.2 Å². The van der Waals surface area contributed by atoms with Crippen molar-refractivity contribution >= 4 is 39.0 Å². The predicted molar refractivity (Wildman–Crippen MR) is 139 cm³/mol. The fraction of sp³-hybridized carbons (Fsp3) is 0.308. The predicted octanol–water partition coefficient (Wildman–Crippen LogP) is 7.16. The van der Waals surface area contributed by atoms with E-state index in [0.717, 1.165) is 71.7 Å². The van der Waals surface area contributed by atoms with Gasteiger partial charge in [-0.3, -0.25) is 4.90 Å². The zero-order valence-corrected chi connectivity index (χ0v) is 21.6. The molecule has 5 nitrogen and oxygen atoms in total. The molecule has 0 atom stereocenters. The molecule has 2 aromatic heterocycles. The first-order valence-corrected chi connectivity index (χ1v) is 12.9. The summed E-state index contributed by atoms with van der Waals surface area (Å²) in [5, 5.41) is 8.64. The molecule has 5 rings (SSSR count). The number of alkyl halides is 3. The Labute approximate surface area is 220 Å². The maximum atomic E-state index is 12.8. The van der Waals surface area contributed by atoms with Gasteiger partial charge in [-0.25, -0.2) is 4.98 Å². The Balaban J connectivity index is 1.22. The van der Waals surface area contributed by atoms with Gasteiger partial charge in [0, 0.05) is 29.7 Å². The molecule has 3 heterocycles. The monoisotopic (exact) mass is 577 g/mol. The van der Waals surface area contributed by atoms with Gasteiger partial charge in [0.15, 0.2) is 5.65 Å². The highest BCUT2D eigenvalue weighted by atomic mass is 79.9. The van der Waals surface area contributed by atoms with Crippen LogP contribution in [0.4, 0.5) is 19.0 Å². The molecule has 1 fully saturated rings. The molecule has 1 aliphatic heterocycles. The third-order valence-corrected chi connectivity index (χ3v) is 7.43. The number of hydrogen-bond donors (Lipinski definition) is 1. The van der Waals surface area contributed by atoms with Crippen molar-refractivity contribution in [3.05, 3.63) is 81.4 Å². The summed E-state index contributed by atoms with van der Waals surface area (Å²) in [7, 11) is 0. The van der Waals surface area contributed by atoms with Crippen LogP contribution in [-0.2, 0) is 12.7 Å². The first-order valence-electron chi connectivity index (χ1n) is 11.7. The summed E-state index contributed by atoms with van der Waals surface area (Å²) in [6.45, 7) is 3.24. The minimum Gasteiger partial charge on any atom is -0.370 e. The summed E-state index contributed by atoms with van der Waals surface area (Å²) in [5.41, 5.74) is 2.62. The van der Waals surface area contributed by atoms with Crippen molar-refractivity contribution in [1.29, 1.82) is 0 Å². The number of fused-ring (bicyclic) bond motifs is 1. The largest absolute Gasteiger partial charge is 0.416 e. The van der Waals surface area contributed by atoms with E-state index in [4.69, 9.17) is 16.6 Å². The summed E-state index contributed by atoms with van der Waals surface area (Å²) < 4.78 is 41.0. The lowest BCUT2D eigenvalue weighted by Gasteiger charge is -2.32. The molecular weight excluding hydrogens is 555 g/mol. The van der Waals surface area contributed by atoms with E-state index in [2.05, 4.69) is 31.2 Å². The fourth-order valence-corrected chi connectivity index (χ4v) is 5.10. The Bertz CT molecular complexity index is 1350. The average molecular weight is 579 g/mol. The topological polar surface area (TPSA) is 45.5 Å². The molecule has 0 spiro atoms. The van der Waals surface area contributed by atoms with Crippen molar-refractivity contribution in [3.8, 4) is 11.3 Å². The first kappa shape index (κ1) is 25.0. The fourth-order valence-electron chi connectivity index (χ4n) is 4.52. The van der Waals surface area contributed by atoms with Crippen LogP contribution in [0.2, 0.25) is 5.02 Å². The molecule has 10 heteroatoms. The Hall–Kier alpha value is -2.62. The molecule has 2 aromatic carbocycles. The molecular formula is C26H24BrClF3N5. The second-order valence-corrected chi connectivity index (χ2v) is 10.3. The van der Waals surface area contributed by atoms with Crippen molar-refractivity contribution in [2.45, 2.75) is 25.6 Å². The number of rotatable bonds is 6. The lowest BCUT2D eigenvalue weighted by molar-refractivity contribution is -0.137. The second kappa shape index (κ2) is 10.4. The molecule has 0 unspecified atom stereocenters. The highest BCUT2D eigenvalue weighted by molar-refractivity contribution is 9.10. The van der Waals surface area contributed by atoms with Crippen LogP contribution in [0.15, 0.2) is 65.3 Å². The van der Waals surface area contributed by atoms with Crippen molar-refractivity contribution in [3.63, 3.8) is 0 Å². The standard InChI is InChI=1S/C26H24BrClF3N5/c27-21-15-33-36-24(13-23(34-25(21)36)20-3-1-2-4-22(20)28)32-14-17-9-11-35(12-10-17)16-18-5-7-19(8-6-18)26(29,30)31/h1-8,13,15,17,32H,9-12,14,16H2. The number of anilines is 1. The maximum absolute atomic E-state index is 12.8. The lowest BCUT2D eigenvalue weighted by atomic mass is 9.96. The lowest BCUT2D eigenvalue weighted by Crippen LogP contribution is -2.35. The molecule has 0 bridgehead atoms.